The molecule has 0 aliphatic rings. The number of sulfone groups is 2. The van der Waals surface area contributed by atoms with Crippen LogP contribution in [0.25, 0.3) is 0 Å². The summed E-state index contributed by atoms with van der Waals surface area (Å²) in [5, 5.41) is 8.31. The second-order valence-electron chi connectivity index (χ2n) is 4.21. The highest BCUT2D eigenvalue weighted by molar-refractivity contribution is 8.08. The molecule has 0 atom stereocenters. The van der Waals surface area contributed by atoms with Gasteiger partial charge in [0.2, 0.25) is 10.0 Å². The van der Waals surface area contributed by atoms with E-state index in [1.54, 1.807) is 0 Å². The zero-order valence-corrected chi connectivity index (χ0v) is 13.0. The van der Waals surface area contributed by atoms with Crippen LogP contribution in [0.2, 0.25) is 0 Å². The summed E-state index contributed by atoms with van der Waals surface area (Å²) in [4.78, 5) is -0.215. The van der Waals surface area contributed by atoms with Gasteiger partial charge in [-0.25, -0.2) is 25.3 Å². The molecular weight excluding hydrogens is 330 g/mol. The Kier molecular flexibility index (Phi) is 4.36. The van der Waals surface area contributed by atoms with E-state index >= 15 is 0 Å². The smallest absolute Gasteiger partial charge is 0.247 e. The molecule has 0 spiro atoms. The molecule has 11 heteroatoms. The maximum Gasteiger partial charge on any atom is 0.247 e. The first-order valence-corrected chi connectivity index (χ1v) is 10.6. The Morgan fingerprint density at radius 3 is 2.05 bits per heavy atom. The quantitative estimate of drug-likeness (QED) is 0.691. The summed E-state index contributed by atoms with van der Waals surface area (Å²) in [7, 11) is -11.7. The summed E-state index contributed by atoms with van der Waals surface area (Å²) < 4.78 is 69.6. The van der Waals surface area contributed by atoms with Crippen molar-refractivity contribution in [3.63, 3.8) is 0 Å². The van der Waals surface area contributed by atoms with E-state index in [0.717, 1.165) is 30.7 Å². The molecule has 114 valence electrons. The van der Waals surface area contributed by atoms with E-state index < -0.39 is 46.2 Å². The third kappa shape index (κ3) is 4.98. The van der Waals surface area contributed by atoms with Crippen LogP contribution in [0.5, 0.6) is 5.75 Å². The maximum absolute atomic E-state index is 11.6. The lowest BCUT2D eigenvalue weighted by molar-refractivity contribution is 0.477. The highest BCUT2D eigenvalue weighted by Crippen LogP contribution is 2.27. The zero-order valence-electron chi connectivity index (χ0n) is 10.6. The first kappa shape index (κ1) is 16.7. The van der Waals surface area contributed by atoms with Crippen molar-refractivity contribution in [3.05, 3.63) is 18.2 Å². The Bertz CT molecular complexity index is 822. The molecule has 0 aromatic heterocycles. The topological polar surface area (TPSA) is 135 Å². The van der Waals surface area contributed by atoms with Crippen LogP contribution in [-0.4, -0.2) is 48.0 Å². The molecule has 0 radical (unpaired) electrons. The van der Waals surface area contributed by atoms with Gasteiger partial charge < -0.3 is 5.11 Å². The van der Waals surface area contributed by atoms with Gasteiger partial charge in [-0.15, -0.1) is 0 Å². The van der Waals surface area contributed by atoms with Gasteiger partial charge in [0, 0.05) is 12.5 Å². The molecular formula is C9H13NO7S3. The summed E-state index contributed by atoms with van der Waals surface area (Å²) in [6, 6.07) is 3.00. The van der Waals surface area contributed by atoms with Crippen LogP contribution in [0, 0.1) is 0 Å². The van der Waals surface area contributed by atoms with Gasteiger partial charge in [-0.1, -0.05) is 0 Å². The third-order valence-corrected chi connectivity index (χ3v) is 6.63. The van der Waals surface area contributed by atoms with Crippen molar-refractivity contribution in [2.24, 2.45) is 0 Å². The van der Waals surface area contributed by atoms with Crippen LogP contribution in [-0.2, 0) is 29.7 Å². The van der Waals surface area contributed by atoms with Crippen molar-refractivity contribution < 1.29 is 30.4 Å². The fourth-order valence-corrected chi connectivity index (χ4v) is 4.94. The Morgan fingerprint density at radius 1 is 1.05 bits per heavy atom. The van der Waals surface area contributed by atoms with Crippen LogP contribution < -0.4 is 4.72 Å². The molecule has 2 N–H and O–H groups in total. The molecule has 0 fully saturated rings. The standard InChI is InChI=1S/C9H13NO7S3/c1-18(12,13)6-20(16,17)10-8-5-7(19(2,14)15)3-4-9(8)11/h3-5,10-11H,6H2,1-2H3. The molecule has 8 nitrogen and oxygen atoms in total. The predicted molar refractivity (Wildman–Crippen MR) is 73.5 cm³/mol. The van der Waals surface area contributed by atoms with E-state index in [-0.39, 0.29) is 4.90 Å². The number of phenols is 1. The Balaban J connectivity index is 3.22. The average molecular weight is 343 g/mol. The SMILES string of the molecule is CS(=O)(=O)CS(=O)(=O)Nc1cc(S(C)(=O)=O)ccc1O. The highest BCUT2D eigenvalue weighted by atomic mass is 32.3. The average Bonchev–Trinajstić information content (AvgIpc) is 2.15. The molecule has 0 heterocycles. The summed E-state index contributed by atoms with van der Waals surface area (Å²) in [5.41, 5.74) is -0.406. The van der Waals surface area contributed by atoms with Crippen molar-refractivity contribution in [3.8, 4) is 5.75 Å². The van der Waals surface area contributed by atoms with Gasteiger partial charge >= 0.3 is 0 Å². The van der Waals surface area contributed by atoms with Gasteiger partial charge in [0.25, 0.3) is 0 Å². The monoisotopic (exact) mass is 343 g/mol. The number of rotatable bonds is 5. The van der Waals surface area contributed by atoms with Gasteiger partial charge in [0.05, 0.1) is 10.6 Å². The summed E-state index contributed by atoms with van der Waals surface area (Å²) in [5.74, 6) is -0.519. The summed E-state index contributed by atoms with van der Waals surface area (Å²) >= 11 is 0. The van der Waals surface area contributed by atoms with Crippen molar-refractivity contribution >= 4 is 35.4 Å². The second kappa shape index (κ2) is 5.22. The molecule has 0 aliphatic carbocycles. The highest BCUT2D eigenvalue weighted by Gasteiger charge is 2.20. The predicted octanol–water partition coefficient (Wildman–Crippen LogP) is -0.460. The number of sulfonamides is 1. The van der Waals surface area contributed by atoms with Crippen molar-refractivity contribution in [2.75, 3.05) is 22.3 Å². The van der Waals surface area contributed by atoms with Gasteiger partial charge in [-0.2, -0.15) is 0 Å². The lowest BCUT2D eigenvalue weighted by Gasteiger charge is -2.10. The van der Waals surface area contributed by atoms with Crippen LogP contribution in [0.15, 0.2) is 23.1 Å². The molecule has 0 saturated heterocycles. The number of phenolic OH excluding ortho intramolecular Hbond substituents is 1. The van der Waals surface area contributed by atoms with E-state index in [2.05, 4.69) is 0 Å². The minimum absolute atomic E-state index is 0.215. The van der Waals surface area contributed by atoms with Crippen LogP contribution >= 0.6 is 0 Å². The van der Waals surface area contributed by atoms with E-state index in [1.165, 1.54) is 0 Å². The molecule has 1 aromatic carbocycles. The minimum atomic E-state index is -4.27. The number of benzene rings is 1. The molecule has 0 saturated carbocycles. The van der Waals surface area contributed by atoms with Crippen molar-refractivity contribution in [2.45, 2.75) is 4.90 Å². The minimum Gasteiger partial charge on any atom is -0.506 e. The number of aromatic hydroxyl groups is 1. The largest absolute Gasteiger partial charge is 0.506 e. The van der Waals surface area contributed by atoms with E-state index in [1.807, 2.05) is 4.72 Å². The van der Waals surface area contributed by atoms with Gasteiger partial charge in [0.15, 0.2) is 24.8 Å². The molecule has 0 aliphatic heterocycles. The Labute approximate surface area is 117 Å². The fourth-order valence-electron chi connectivity index (χ4n) is 1.31. The number of nitrogens with one attached hydrogen (secondary N) is 1. The van der Waals surface area contributed by atoms with Crippen LogP contribution in [0.4, 0.5) is 5.69 Å². The third-order valence-electron chi connectivity index (χ3n) is 2.03. The molecule has 1 aromatic rings. The molecule has 20 heavy (non-hydrogen) atoms. The first-order valence-electron chi connectivity index (χ1n) is 5.01. The summed E-state index contributed by atoms with van der Waals surface area (Å²) in [6.07, 6.45) is 1.65. The molecule has 1 rings (SSSR count). The van der Waals surface area contributed by atoms with Crippen molar-refractivity contribution in [1.29, 1.82) is 0 Å². The van der Waals surface area contributed by atoms with E-state index in [9.17, 15) is 30.4 Å². The normalized spacial score (nSPS) is 13.1. The number of hydrogen-bond acceptors (Lipinski definition) is 7. The molecule has 0 bridgehead atoms. The second-order valence-corrected chi connectivity index (χ2v) is 10.5. The maximum atomic E-state index is 11.6. The van der Waals surface area contributed by atoms with Crippen LogP contribution in [0.3, 0.4) is 0 Å². The molecule has 0 amide bonds. The number of hydrogen-bond donors (Lipinski definition) is 2. The molecule has 0 unspecified atom stereocenters. The first-order chi connectivity index (χ1) is 8.80. The number of anilines is 1. The van der Waals surface area contributed by atoms with E-state index in [0.29, 0.717) is 0 Å². The Hall–Kier alpha value is -1.33. The van der Waals surface area contributed by atoms with Gasteiger partial charge in [-0.3, -0.25) is 4.72 Å². The van der Waals surface area contributed by atoms with Crippen LogP contribution in [0.1, 0.15) is 0 Å². The van der Waals surface area contributed by atoms with Crippen molar-refractivity contribution in [1.82, 2.24) is 0 Å². The lowest BCUT2D eigenvalue weighted by Crippen LogP contribution is -2.22. The fraction of sp³-hybridized carbons (Fsp3) is 0.333. The van der Waals surface area contributed by atoms with Gasteiger partial charge in [0.1, 0.15) is 5.75 Å². The lowest BCUT2D eigenvalue weighted by atomic mass is 10.3. The van der Waals surface area contributed by atoms with Gasteiger partial charge in [-0.05, 0) is 18.2 Å². The Morgan fingerprint density at radius 2 is 1.60 bits per heavy atom. The van der Waals surface area contributed by atoms with E-state index in [4.69, 9.17) is 0 Å². The summed E-state index contributed by atoms with van der Waals surface area (Å²) in [6.45, 7) is 0. The zero-order chi connectivity index (χ0) is 15.8.